The second-order valence-corrected chi connectivity index (χ2v) is 7.50. The first-order valence-corrected chi connectivity index (χ1v) is 8.04. The summed E-state index contributed by atoms with van der Waals surface area (Å²) < 4.78 is 26.8. The van der Waals surface area contributed by atoms with E-state index in [1.807, 2.05) is 13.0 Å². The molecule has 5 nitrogen and oxygen atoms in total. The quantitative estimate of drug-likeness (QED) is 0.905. The van der Waals surface area contributed by atoms with E-state index in [2.05, 4.69) is 15.9 Å². The summed E-state index contributed by atoms with van der Waals surface area (Å²) in [5.74, 6) is -1.55. The normalized spacial score (nSPS) is 20.6. The first-order valence-electron chi connectivity index (χ1n) is 5.81. The molecule has 0 spiro atoms. The van der Waals surface area contributed by atoms with Crippen LogP contribution in [0.15, 0.2) is 27.6 Å². The van der Waals surface area contributed by atoms with Crippen molar-refractivity contribution >= 4 is 31.9 Å². The lowest BCUT2D eigenvalue weighted by Gasteiger charge is -2.16. The Balaban J connectivity index is 2.31. The van der Waals surface area contributed by atoms with E-state index in [1.54, 1.807) is 6.07 Å². The van der Waals surface area contributed by atoms with Crippen LogP contribution in [-0.4, -0.2) is 36.9 Å². The molecule has 1 aliphatic heterocycles. The van der Waals surface area contributed by atoms with E-state index in [1.165, 1.54) is 10.4 Å². The lowest BCUT2D eigenvalue weighted by molar-refractivity contribution is -0.141. The van der Waals surface area contributed by atoms with Crippen LogP contribution in [0.4, 0.5) is 0 Å². The fourth-order valence-electron chi connectivity index (χ4n) is 2.15. The summed E-state index contributed by atoms with van der Waals surface area (Å²) >= 11 is 3.27. The van der Waals surface area contributed by atoms with Crippen LogP contribution in [0.2, 0.25) is 0 Å². The molecule has 1 fully saturated rings. The van der Waals surface area contributed by atoms with E-state index in [-0.39, 0.29) is 18.0 Å². The first kappa shape index (κ1) is 14.5. The number of aliphatic carboxylic acids is 1. The molecule has 0 aliphatic carbocycles. The number of benzene rings is 1. The molecule has 2 rings (SSSR count). The summed E-state index contributed by atoms with van der Waals surface area (Å²) in [5.41, 5.74) is 0.835. The van der Waals surface area contributed by atoms with E-state index in [0.717, 1.165) is 5.56 Å². The fourth-order valence-corrected chi connectivity index (χ4v) is 4.54. The molecule has 7 heteroatoms. The van der Waals surface area contributed by atoms with Gasteiger partial charge in [0.25, 0.3) is 0 Å². The van der Waals surface area contributed by atoms with E-state index in [9.17, 15) is 13.2 Å². The number of aryl methyl sites for hydroxylation is 1. The molecule has 1 aromatic carbocycles. The van der Waals surface area contributed by atoms with Gasteiger partial charge in [-0.2, -0.15) is 4.31 Å². The Morgan fingerprint density at radius 1 is 1.42 bits per heavy atom. The number of sulfonamides is 1. The highest BCUT2D eigenvalue weighted by atomic mass is 79.9. The topological polar surface area (TPSA) is 74.7 Å². The van der Waals surface area contributed by atoms with Gasteiger partial charge < -0.3 is 5.11 Å². The van der Waals surface area contributed by atoms with E-state index in [4.69, 9.17) is 5.11 Å². The second-order valence-electron chi connectivity index (χ2n) is 4.65. The van der Waals surface area contributed by atoms with Gasteiger partial charge in [-0.25, -0.2) is 8.42 Å². The number of carboxylic acids is 1. The van der Waals surface area contributed by atoms with Crippen LogP contribution in [0, 0.1) is 12.8 Å². The molecular weight excluding hydrogens is 334 g/mol. The molecule has 0 saturated carbocycles. The average molecular weight is 348 g/mol. The lowest BCUT2D eigenvalue weighted by Crippen LogP contribution is -2.30. The Morgan fingerprint density at radius 3 is 2.63 bits per heavy atom. The van der Waals surface area contributed by atoms with Gasteiger partial charge in [-0.3, -0.25) is 4.79 Å². The Labute approximate surface area is 120 Å². The maximum absolute atomic E-state index is 12.4. The van der Waals surface area contributed by atoms with Crippen molar-refractivity contribution in [3.8, 4) is 0 Å². The highest BCUT2D eigenvalue weighted by molar-refractivity contribution is 9.10. The van der Waals surface area contributed by atoms with Crippen LogP contribution in [0.3, 0.4) is 0 Å². The second kappa shape index (κ2) is 5.22. The minimum absolute atomic E-state index is 0.0449. The molecule has 19 heavy (non-hydrogen) atoms. The maximum Gasteiger partial charge on any atom is 0.307 e. The monoisotopic (exact) mass is 347 g/mol. The molecule has 1 atom stereocenters. The average Bonchev–Trinajstić information content (AvgIpc) is 2.77. The molecule has 0 amide bonds. The van der Waals surface area contributed by atoms with E-state index in [0.29, 0.717) is 10.9 Å². The zero-order chi connectivity index (χ0) is 14.2. The Bertz CT molecular complexity index is 594. The van der Waals surface area contributed by atoms with E-state index < -0.39 is 21.9 Å². The number of carbonyl (C=O) groups is 1. The molecule has 1 unspecified atom stereocenters. The standard InChI is InChI=1S/C12H14BrNO4S/c1-8-4-10(13)6-11(5-8)19(17,18)14-3-2-9(7-14)12(15)16/h4-6,9H,2-3,7H2,1H3,(H,15,16). The predicted molar refractivity (Wildman–Crippen MR) is 73.4 cm³/mol. The highest BCUT2D eigenvalue weighted by Gasteiger charge is 2.35. The van der Waals surface area contributed by atoms with Crippen LogP contribution in [0.5, 0.6) is 0 Å². The van der Waals surface area contributed by atoms with Gasteiger partial charge in [-0.05, 0) is 37.1 Å². The summed E-state index contributed by atoms with van der Waals surface area (Å²) in [7, 11) is -3.61. The lowest BCUT2D eigenvalue weighted by atomic mass is 10.1. The summed E-state index contributed by atoms with van der Waals surface area (Å²) in [6.45, 7) is 2.11. The molecule has 104 valence electrons. The van der Waals surface area contributed by atoms with Gasteiger partial charge >= 0.3 is 5.97 Å². The Kier molecular flexibility index (Phi) is 3.98. The van der Waals surface area contributed by atoms with Crippen LogP contribution >= 0.6 is 15.9 Å². The zero-order valence-corrected chi connectivity index (χ0v) is 12.7. The van der Waals surface area contributed by atoms with Crippen molar-refractivity contribution in [1.82, 2.24) is 4.31 Å². The van der Waals surface area contributed by atoms with Crippen molar-refractivity contribution < 1.29 is 18.3 Å². The maximum atomic E-state index is 12.4. The molecule has 1 aromatic rings. The van der Waals surface area contributed by atoms with Crippen molar-refractivity contribution in [3.63, 3.8) is 0 Å². The van der Waals surface area contributed by atoms with Gasteiger partial charge in [-0.15, -0.1) is 0 Å². The molecule has 0 bridgehead atoms. The van der Waals surface area contributed by atoms with Crippen molar-refractivity contribution in [2.45, 2.75) is 18.2 Å². The summed E-state index contributed by atoms with van der Waals surface area (Å²) in [5, 5.41) is 8.93. The van der Waals surface area contributed by atoms with Gasteiger partial charge in [-0.1, -0.05) is 15.9 Å². The molecule has 1 N–H and O–H groups in total. The molecule has 1 saturated heterocycles. The number of hydrogen-bond acceptors (Lipinski definition) is 3. The smallest absolute Gasteiger partial charge is 0.307 e. The third-order valence-electron chi connectivity index (χ3n) is 3.15. The molecule has 1 aliphatic rings. The van der Waals surface area contributed by atoms with Crippen molar-refractivity contribution in [2.75, 3.05) is 13.1 Å². The van der Waals surface area contributed by atoms with E-state index >= 15 is 0 Å². The molecular formula is C12H14BrNO4S. The SMILES string of the molecule is Cc1cc(Br)cc(S(=O)(=O)N2CCC(C(=O)O)C2)c1. The summed E-state index contributed by atoms with van der Waals surface area (Å²) in [6, 6.07) is 4.95. The third-order valence-corrected chi connectivity index (χ3v) is 5.45. The number of rotatable bonds is 3. The van der Waals surface area contributed by atoms with Gasteiger partial charge in [0, 0.05) is 17.6 Å². The Hall–Kier alpha value is -0.920. The van der Waals surface area contributed by atoms with Crippen molar-refractivity contribution in [1.29, 1.82) is 0 Å². The Morgan fingerprint density at radius 2 is 2.11 bits per heavy atom. The van der Waals surface area contributed by atoms with Gasteiger partial charge in [0.1, 0.15) is 0 Å². The largest absolute Gasteiger partial charge is 0.481 e. The van der Waals surface area contributed by atoms with Crippen LogP contribution in [0.25, 0.3) is 0 Å². The third kappa shape index (κ3) is 2.98. The van der Waals surface area contributed by atoms with Gasteiger partial charge in [0.15, 0.2) is 0 Å². The molecule has 1 heterocycles. The minimum Gasteiger partial charge on any atom is -0.481 e. The number of hydrogen-bond donors (Lipinski definition) is 1. The number of halogens is 1. The van der Waals surface area contributed by atoms with Crippen LogP contribution in [-0.2, 0) is 14.8 Å². The fraction of sp³-hybridized carbons (Fsp3) is 0.417. The van der Waals surface area contributed by atoms with Gasteiger partial charge in [0.05, 0.1) is 10.8 Å². The van der Waals surface area contributed by atoms with Crippen LogP contribution < -0.4 is 0 Å². The molecule has 0 radical (unpaired) electrons. The van der Waals surface area contributed by atoms with Gasteiger partial charge in [0.2, 0.25) is 10.0 Å². The first-order chi connectivity index (χ1) is 8.80. The highest BCUT2D eigenvalue weighted by Crippen LogP contribution is 2.27. The molecule has 0 aromatic heterocycles. The van der Waals surface area contributed by atoms with Crippen molar-refractivity contribution in [3.05, 3.63) is 28.2 Å². The van der Waals surface area contributed by atoms with Crippen LogP contribution in [0.1, 0.15) is 12.0 Å². The number of carboxylic acid groups (broad SMARTS) is 1. The summed E-state index contributed by atoms with van der Waals surface area (Å²) in [6.07, 6.45) is 0.363. The minimum atomic E-state index is -3.61. The predicted octanol–water partition coefficient (Wildman–Crippen LogP) is 1.85. The summed E-state index contributed by atoms with van der Waals surface area (Å²) in [4.78, 5) is 11.1. The zero-order valence-electron chi connectivity index (χ0n) is 10.3. The number of nitrogens with zero attached hydrogens (tertiary/aromatic N) is 1. The van der Waals surface area contributed by atoms with Crippen molar-refractivity contribution in [2.24, 2.45) is 5.92 Å².